The van der Waals surface area contributed by atoms with Crippen molar-refractivity contribution in [2.45, 2.75) is 6.42 Å². The van der Waals surface area contributed by atoms with Crippen LogP contribution in [-0.4, -0.2) is 37.6 Å². The van der Waals surface area contributed by atoms with E-state index in [1.165, 1.54) is 13.3 Å². The van der Waals surface area contributed by atoms with Crippen molar-refractivity contribution in [2.75, 3.05) is 31.0 Å². The quantitative estimate of drug-likeness (QED) is 0.901. The molecule has 0 aliphatic carbocycles. The van der Waals surface area contributed by atoms with Gasteiger partial charge in [0.25, 0.3) is 0 Å². The molecule has 1 aliphatic rings. The maximum atomic E-state index is 12.4. The van der Waals surface area contributed by atoms with E-state index < -0.39 is 5.92 Å². The SMILES string of the molecule is COc1cccc(N2C[C@@H](C(=O)Nc3ccc(OC)nc3)CC2=O)c1. The average Bonchev–Trinajstić information content (AvgIpc) is 3.04. The second-order valence-electron chi connectivity index (χ2n) is 5.69. The van der Waals surface area contributed by atoms with Crippen LogP contribution in [0.4, 0.5) is 11.4 Å². The van der Waals surface area contributed by atoms with Gasteiger partial charge in [-0.2, -0.15) is 0 Å². The molecule has 2 heterocycles. The number of carbonyl (C=O) groups excluding carboxylic acids is 2. The van der Waals surface area contributed by atoms with Crippen LogP contribution in [-0.2, 0) is 9.59 Å². The lowest BCUT2D eigenvalue weighted by Gasteiger charge is -2.17. The van der Waals surface area contributed by atoms with Gasteiger partial charge in [0.2, 0.25) is 17.7 Å². The van der Waals surface area contributed by atoms with Crippen LogP contribution >= 0.6 is 0 Å². The van der Waals surface area contributed by atoms with Crippen molar-refractivity contribution in [1.82, 2.24) is 4.98 Å². The van der Waals surface area contributed by atoms with Gasteiger partial charge in [-0.25, -0.2) is 4.98 Å². The van der Waals surface area contributed by atoms with Crippen LogP contribution in [0.2, 0.25) is 0 Å². The minimum Gasteiger partial charge on any atom is -0.497 e. The number of aromatic nitrogens is 1. The Hall–Kier alpha value is -3.09. The second-order valence-corrected chi connectivity index (χ2v) is 5.69. The molecule has 1 aliphatic heterocycles. The number of carbonyl (C=O) groups is 2. The van der Waals surface area contributed by atoms with E-state index in [0.717, 1.165) is 5.69 Å². The van der Waals surface area contributed by atoms with Gasteiger partial charge >= 0.3 is 0 Å². The van der Waals surface area contributed by atoms with Crippen molar-refractivity contribution in [1.29, 1.82) is 0 Å². The van der Waals surface area contributed by atoms with E-state index in [4.69, 9.17) is 9.47 Å². The third-order valence-corrected chi connectivity index (χ3v) is 4.07. The molecule has 1 fully saturated rings. The van der Waals surface area contributed by atoms with Crippen LogP contribution in [0.15, 0.2) is 42.6 Å². The summed E-state index contributed by atoms with van der Waals surface area (Å²) in [5, 5.41) is 2.79. The zero-order chi connectivity index (χ0) is 17.8. The zero-order valence-electron chi connectivity index (χ0n) is 14.1. The molecule has 0 bridgehead atoms. The summed E-state index contributed by atoms with van der Waals surface area (Å²) in [5.74, 6) is 0.438. The molecule has 1 aromatic carbocycles. The number of nitrogens with one attached hydrogen (secondary N) is 1. The van der Waals surface area contributed by atoms with E-state index >= 15 is 0 Å². The molecule has 0 spiro atoms. The Kier molecular flexibility index (Phi) is 4.83. The predicted octanol–water partition coefficient (Wildman–Crippen LogP) is 2.09. The van der Waals surface area contributed by atoms with Gasteiger partial charge in [0, 0.05) is 30.8 Å². The first-order chi connectivity index (χ1) is 12.1. The summed E-state index contributed by atoms with van der Waals surface area (Å²) < 4.78 is 10.2. The fourth-order valence-electron chi connectivity index (χ4n) is 2.73. The van der Waals surface area contributed by atoms with Gasteiger partial charge in [0.1, 0.15) is 5.75 Å². The van der Waals surface area contributed by atoms with Crippen LogP contribution in [0, 0.1) is 5.92 Å². The summed E-state index contributed by atoms with van der Waals surface area (Å²) in [6.07, 6.45) is 1.69. The van der Waals surface area contributed by atoms with Crippen LogP contribution < -0.4 is 19.7 Å². The van der Waals surface area contributed by atoms with Gasteiger partial charge in [-0.3, -0.25) is 9.59 Å². The molecular formula is C18H19N3O4. The number of anilines is 2. The minimum atomic E-state index is -0.416. The van der Waals surface area contributed by atoms with Crippen LogP contribution in [0.5, 0.6) is 11.6 Å². The standard InChI is InChI=1S/C18H19N3O4/c1-24-15-5-3-4-14(9-15)21-11-12(8-17(21)22)18(23)20-13-6-7-16(25-2)19-10-13/h3-7,9-10,12H,8,11H2,1-2H3,(H,20,23)/t12-/m0/s1. The molecule has 1 atom stereocenters. The maximum Gasteiger partial charge on any atom is 0.229 e. The van der Waals surface area contributed by atoms with Crippen molar-refractivity contribution in [3.8, 4) is 11.6 Å². The van der Waals surface area contributed by atoms with Gasteiger partial charge in [-0.1, -0.05) is 6.07 Å². The van der Waals surface area contributed by atoms with Crippen molar-refractivity contribution < 1.29 is 19.1 Å². The number of hydrogen-bond acceptors (Lipinski definition) is 5. The Balaban J connectivity index is 1.67. The number of benzene rings is 1. The topological polar surface area (TPSA) is 80.8 Å². The number of ether oxygens (including phenoxy) is 2. The first kappa shape index (κ1) is 16.8. The highest BCUT2D eigenvalue weighted by atomic mass is 16.5. The number of nitrogens with zero attached hydrogens (tertiary/aromatic N) is 2. The molecular weight excluding hydrogens is 322 g/mol. The average molecular weight is 341 g/mol. The van der Waals surface area contributed by atoms with E-state index in [1.54, 1.807) is 30.2 Å². The molecule has 0 radical (unpaired) electrons. The second kappa shape index (κ2) is 7.21. The minimum absolute atomic E-state index is 0.0822. The molecule has 1 N–H and O–H groups in total. The number of pyridine rings is 1. The third-order valence-electron chi connectivity index (χ3n) is 4.07. The fourth-order valence-corrected chi connectivity index (χ4v) is 2.73. The molecule has 2 aromatic rings. The molecule has 7 heteroatoms. The highest BCUT2D eigenvalue weighted by Crippen LogP contribution is 2.28. The molecule has 2 amide bonds. The molecule has 7 nitrogen and oxygen atoms in total. The van der Waals surface area contributed by atoms with Gasteiger partial charge in [-0.15, -0.1) is 0 Å². The lowest BCUT2D eigenvalue weighted by atomic mass is 10.1. The van der Waals surface area contributed by atoms with E-state index in [0.29, 0.717) is 23.9 Å². The highest BCUT2D eigenvalue weighted by molar-refractivity contribution is 6.03. The van der Waals surface area contributed by atoms with E-state index in [9.17, 15) is 9.59 Å². The Morgan fingerprint density at radius 3 is 2.76 bits per heavy atom. The summed E-state index contributed by atoms with van der Waals surface area (Å²) in [5.41, 5.74) is 1.30. The van der Waals surface area contributed by atoms with Crippen LogP contribution in [0.1, 0.15) is 6.42 Å². The molecule has 25 heavy (non-hydrogen) atoms. The first-order valence-electron chi connectivity index (χ1n) is 7.86. The largest absolute Gasteiger partial charge is 0.497 e. The number of methoxy groups -OCH3 is 2. The monoisotopic (exact) mass is 341 g/mol. The van der Waals surface area contributed by atoms with Crippen molar-refractivity contribution in [3.05, 3.63) is 42.6 Å². The zero-order valence-corrected chi connectivity index (χ0v) is 14.1. The van der Waals surface area contributed by atoms with E-state index in [-0.39, 0.29) is 18.2 Å². The van der Waals surface area contributed by atoms with Crippen molar-refractivity contribution in [3.63, 3.8) is 0 Å². The first-order valence-corrected chi connectivity index (χ1v) is 7.86. The molecule has 0 unspecified atom stereocenters. The van der Waals surface area contributed by atoms with E-state index in [2.05, 4.69) is 10.3 Å². The summed E-state index contributed by atoms with van der Waals surface area (Å²) in [4.78, 5) is 30.4. The Morgan fingerprint density at radius 1 is 1.24 bits per heavy atom. The Morgan fingerprint density at radius 2 is 2.08 bits per heavy atom. The summed E-state index contributed by atoms with van der Waals surface area (Å²) in [6, 6.07) is 10.6. The number of amides is 2. The Labute approximate surface area is 145 Å². The number of rotatable bonds is 5. The molecule has 3 rings (SSSR count). The van der Waals surface area contributed by atoms with Gasteiger partial charge in [0.15, 0.2) is 0 Å². The van der Waals surface area contributed by atoms with Crippen LogP contribution in [0.3, 0.4) is 0 Å². The normalized spacial score (nSPS) is 16.6. The third kappa shape index (κ3) is 3.71. The predicted molar refractivity (Wildman–Crippen MR) is 92.9 cm³/mol. The summed E-state index contributed by atoms with van der Waals surface area (Å²) in [6.45, 7) is 0.335. The molecule has 1 aromatic heterocycles. The Bertz CT molecular complexity index is 776. The van der Waals surface area contributed by atoms with Gasteiger partial charge < -0.3 is 19.7 Å². The van der Waals surface area contributed by atoms with Crippen molar-refractivity contribution in [2.24, 2.45) is 5.92 Å². The summed E-state index contributed by atoms with van der Waals surface area (Å²) in [7, 11) is 3.10. The smallest absolute Gasteiger partial charge is 0.229 e. The maximum absolute atomic E-state index is 12.4. The van der Waals surface area contributed by atoms with E-state index in [1.807, 2.05) is 18.2 Å². The molecule has 130 valence electrons. The number of hydrogen-bond donors (Lipinski definition) is 1. The molecule has 0 saturated carbocycles. The van der Waals surface area contributed by atoms with Crippen LogP contribution in [0.25, 0.3) is 0 Å². The van der Waals surface area contributed by atoms with Crippen molar-refractivity contribution >= 4 is 23.2 Å². The van der Waals surface area contributed by atoms with Gasteiger partial charge in [-0.05, 0) is 18.2 Å². The summed E-state index contributed by atoms with van der Waals surface area (Å²) >= 11 is 0. The lowest BCUT2D eigenvalue weighted by molar-refractivity contribution is -0.122. The van der Waals surface area contributed by atoms with Gasteiger partial charge in [0.05, 0.1) is 32.0 Å². The molecule has 1 saturated heterocycles. The lowest BCUT2D eigenvalue weighted by Crippen LogP contribution is -2.28. The highest BCUT2D eigenvalue weighted by Gasteiger charge is 2.35. The fraction of sp³-hybridized carbons (Fsp3) is 0.278.